The van der Waals surface area contributed by atoms with Gasteiger partial charge in [-0.25, -0.2) is 0 Å². The van der Waals surface area contributed by atoms with Gasteiger partial charge in [0.2, 0.25) is 0 Å². The van der Waals surface area contributed by atoms with Gasteiger partial charge in [0, 0.05) is 0 Å². The van der Waals surface area contributed by atoms with Crippen molar-refractivity contribution in [3.63, 3.8) is 0 Å². The van der Waals surface area contributed by atoms with Crippen LogP contribution in [0.15, 0.2) is 12.2 Å². The second-order valence-corrected chi connectivity index (χ2v) is 5.91. The lowest BCUT2D eigenvalue weighted by Gasteiger charge is -2.05. The highest BCUT2D eigenvalue weighted by Crippen LogP contribution is 2.66. The van der Waals surface area contributed by atoms with E-state index in [0.29, 0.717) is 0 Å². The molecule has 0 aromatic heterocycles. The van der Waals surface area contributed by atoms with Crippen molar-refractivity contribution < 1.29 is 0 Å². The number of allylic oxidation sites excluding steroid dienone is 2. The molecule has 1 heteroatoms. The summed E-state index contributed by atoms with van der Waals surface area (Å²) in [5, 5.41) is 0. The fraction of sp³-hybridized carbons (Fsp3) is 0.846. The van der Waals surface area contributed by atoms with Crippen LogP contribution >= 0.6 is 0 Å². The Labute approximate surface area is 88.4 Å². The Morgan fingerprint density at radius 1 is 1.50 bits per heavy atom. The third-order valence-electron chi connectivity index (χ3n) is 5.29. The summed E-state index contributed by atoms with van der Waals surface area (Å²) < 4.78 is 0. The Kier molecular flexibility index (Phi) is 1.88. The topological polar surface area (TPSA) is 0 Å². The largest absolute Gasteiger partial charge is 0.121 e. The molecule has 5 atom stereocenters. The molecule has 76 valence electrons. The van der Waals surface area contributed by atoms with Crippen molar-refractivity contribution in [3.05, 3.63) is 12.2 Å². The first-order valence-corrected chi connectivity index (χ1v) is 6.44. The Balaban J connectivity index is 1.54. The van der Waals surface area contributed by atoms with E-state index in [1.807, 2.05) is 0 Å². The quantitative estimate of drug-likeness (QED) is 0.471. The molecule has 0 bridgehead atoms. The Bertz CT molecular complexity index is 270. The first-order chi connectivity index (χ1) is 6.77. The maximum atomic E-state index is 2.53. The fourth-order valence-electron chi connectivity index (χ4n) is 4.01. The average molecular weight is 188 g/mol. The SMILES string of the molecule is CBC1C(C)C1CC1CC12C=CCC2. The molecule has 1 spiro atoms. The van der Waals surface area contributed by atoms with Crippen molar-refractivity contribution in [1.29, 1.82) is 0 Å². The molecule has 0 aromatic carbocycles. The summed E-state index contributed by atoms with van der Waals surface area (Å²) in [6, 6.07) is 0. The van der Waals surface area contributed by atoms with E-state index >= 15 is 0 Å². The molecular weight excluding hydrogens is 167 g/mol. The Hall–Kier alpha value is -0.195. The van der Waals surface area contributed by atoms with Crippen molar-refractivity contribution in [2.24, 2.45) is 23.2 Å². The molecule has 2 saturated carbocycles. The molecule has 3 rings (SSSR count). The van der Waals surface area contributed by atoms with Crippen LogP contribution in [-0.2, 0) is 0 Å². The average Bonchev–Trinajstić information content (AvgIpc) is 2.90. The minimum absolute atomic E-state index is 0.723. The van der Waals surface area contributed by atoms with E-state index in [2.05, 4.69) is 25.9 Å². The van der Waals surface area contributed by atoms with Crippen LogP contribution in [0.5, 0.6) is 0 Å². The zero-order chi connectivity index (χ0) is 9.76. The first-order valence-electron chi connectivity index (χ1n) is 6.44. The Morgan fingerprint density at radius 3 is 2.93 bits per heavy atom. The maximum absolute atomic E-state index is 2.53. The summed E-state index contributed by atoms with van der Waals surface area (Å²) >= 11 is 0. The van der Waals surface area contributed by atoms with E-state index in [-0.39, 0.29) is 0 Å². The van der Waals surface area contributed by atoms with Gasteiger partial charge >= 0.3 is 0 Å². The number of hydrogen-bond acceptors (Lipinski definition) is 0. The van der Waals surface area contributed by atoms with Gasteiger partial charge < -0.3 is 0 Å². The van der Waals surface area contributed by atoms with Crippen LogP contribution in [-0.4, -0.2) is 7.28 Å². The highest BCUT2D eigenvalue weighted by molar-refractivity contribution is 6.37. The summed E-state index contributed by atoms with van der Waals surface area (Å²) in [6.45, 7) is 4.82. The molecule has 5 unspecified atom stereocenters. The van der Waals surface area contributed by atoms with Crippen molar-refractivity contribution in [2.45, 2.75) is 45.2 Å². The van der Waals surface area contributed by atoms with Crippen LogP contribution in [0.1, 0.15) is 32.6 Å². The zero-order valence-corrected chi connectivity index (χ0v) is 9.50. The fourth-order valence-corrected chi connectivity index (χ4v) is 4.01. The van der Waals surface area contributed by atoms with E-state index in [1.54, 1.807) is 6.42 Å². The molecule has 2 fully saturated rings. The van der Waals surface area contributed by atoms with E-state index < -0.39 is 0 Å². The van der Waals surface area contributed by atoms with Crippen molar-refractivity contribution in [3.8, 4) is 0 Å². The van der Waals surface area contributed by atoms with Gasteiger partial charge in [0.05, 0.1) is 0 Å². The smallest absolute Gasteiger partial charge is 0.0891 e. The predicted molar refractivity (Wildman–Crippen MR) is 62.9 cm³/mol. The van der Waals surface area contributed by atoms with Crippen LogP contribution in [0.3, 0.4) is 0 Å². The summed E-state index contributed by atoms with van der Waals surface area (Å²) in [7, 11) is 1.42. The summed E-state index contributed by atoms with van der Waals surface area (Å²) in [4.78, 5) is 0. The van der Waals surface area contributed by atoms with Gasteiger partial charge in [0.15, 0.2) is 0 Å². The van der Waals surface area contributed by atoms with Gasteiger partial charge in [-0.3, -0.25) is 0 Å². The lowest BCUT2D eigenvalue weighted by molar-refractivity contribution is 0.497. The summed E-state index contributed by atoms with van der Waals surface area (Å²) in [6.07, 6.45) is 10.8. The highest BCUT2D eigenvalue weighted by Gasteiger charge is 2.56. The van der Waals surface area contributed by atoms with Gasteiger partial charge in [-0.1, -0.05) is 31.7 Å². The monoisotopic (exact) mass is 188 g/mol. The van der Waals surface area contributed by atoms with Gasteiger partial charge in [-0.2, -0.15) is 0 Å². The molecule has 0 radical (unpaired) electrons. The van der Waals surface area contributed by atoms with Gasteiger partial charge in [0.25, 0.3) is 0 Å². The minimum Gasteiger partial charge on any atom is -0.0891 e. The summed E-state index contributed by atoms with van der Waals surface area (Å²) in [5.74, 6) is 4.30. The second kappa shape index (κ2) is 2.90. The zero-order valence-electron chi connectivity index (χ0n) is 9.50. The van der Waals surface area contributed by atoms with Crippen LogP contribution < -0.4 is 0 Å². The molecule has 3 aliphatic carbocycles. The second-order valence-electron chi connectivity index (χ2n) is 5.91. The van der Waals surface area contributed by atoms with E-state index in [0.717, 1.165) is 29.0 Å². The standard InChI is InChI=1S/C13H21B/c1-9-11(12(9)14-2)7-10-8-13(10)5-3-4-6-13/h3,5,9-12,14H,4,6-8H2,1-2H3. The van der Waals surface area contributed by atoms with Gasteiger partial charge in [0.1, 0.15) is 7.28 Å². The molecule has 0 amide bonds. The van der Waals surface area contributed by atoms with Gasteiger partial charge in [-0.15, -0.1) is 0 Å². The molecule has 0 aliphatic heterocycles. The van der Waals surface area contributed by atoms with Crippen molar-refractivity contribution in [1.82, 2.24) is 0 Å². The number of rotatable bonds is 3. The van der Waals surface area contributed by atoms with Crippen LogP contribution in [0.2, 0.25) is 12.6 Å². The lowest BCUT2D eigenvalue weighted by Crippen LogP contribution is -1.97. The number of hydrogen-bond donors (Lipinski definition) is 0. The minimum atomic E-state index is 0.723. The molecule has 0 nitrogen and oxygen atoms in total. The van der Waals surface area contributed by atoms with Crippen molar-refractivity contribution in [2.75, 3.05) is 0 Å². The molecule has 0 saturated heterocycles. The predicted octanol–water partition coefficient (Wildman–Crippen LogP) is 3.27. The van der Waals surface area contributed by atoms with E-state index in [1.165, 1.54) is 26.5 Å². The molecule has 3 aliphatic rings. The molecule has 0 N–H and O–H groups in total. The first kappa shape index (κ1) is 9.06. The molecule has 0 heterocycles. The van der Waals surface area contributed by atoms with E-state index in [4.69, 9.17) is 0 Å². The Morgan fingerprint density at radius 2 is 2.36 bits per heavy atom. The summed E-state index contributed by atoms with van der Waals surface area (Å²) in [5.41, 5.74) is 0.723. The van der Waals surface area contributed by atoms with Crippen LogP contribution in [0.4, 0.5) is 0 Å². The maximum Gasteiger partial charge on any atom is 0.121 e. The third kappa shape index (κ3) is 1.21. The molecular formula is C13H21B. The van der Waals surface area contributed by atoms with Crippen molar-refractivity contribution >= 4 is 7.28 Å². The third-order valence-corrected chi connectivity index (χ3v) is 5.29. The molecule has 0 aromatic rings. The van der Waals surface area contributed by atoms with Gasteiger partial charge in [-0.05, 0) is 48.9 Å². The lowest BCUT2D eigenvalue weighted by atomic mass is 9.73. The van der Waals surface area contributed by atoms with Crippen LogP contribution in [0.25, 0.3) is 0 Å². The van der Waals surface area contributed by atoms with E-state index in [9.17, 15) is 0 Å². The van der Waals surface area contributed by atoms with Crippen LogP contribution in [0, 0.1) is 23.2 Å². The highest BCUT2D eigenvalue weighted by atomic mass is 14.6. The normalized spacial score (nSPS) is 53.9. The molecule has 14 heavy (non-hydrogen) atoms.